The molecule has 1 aliphatic carbocycles. The summed E-state index contributed by atoms with van der Waals surface area (Å²) >= 11 is 1.75. The molecule has 1 heterocycles. The van der Waals surface area contributed by atoms with Gasteiger partial charge in [-0.25, -0.2) is 9.98 Å². The molecule has 0 saturated heterocycles. The zero-order valence-corrected chi connectivity index (χ0v) is 17.6. The van der Waals surface area contributed by atoms with Crippen molar-refractivity contribution in [3.8, 4) is 0 Å². The van der Waals surface area contributed by atoms with E-state index in [1.165, 1.54) is 24.1 Å². The molecule has 1 saturated carbocycles. The fourth-order valence-electron chi connectivity index (χ4n) is 3.08. The predicted molar refractivity (Wildman–Crippen MR) is 109 cm³/mol. The number of hydrogen-bond donors (Lipinski definition) is 2. The van der Waals surface area contributed by atoms with Gasteiger partial charge in [-0.15, -0.1) is 11.3 Å². The number of amides is 1. The Kier molecular flexibility index (Phi) is 7.87. The van der Waals surface area contributed by atoms with Crippen molar-refractivity contribution in [2.24, 2.45) is 10.9 Å². The largest absolute Gasteiger partial charge is 0.356 e. The Balaban J connectivity index is 1.94. The minimum absolute atomic E-state index is 0.00830. The first-order valence-electron chi connectivity index (χ1n) is 9.54. The number of carbonyl (C=O) groups is 1. The number of aliphatic imine (C=N–C) groups is 1. The summed E-state index contributed by atoms with van der Waals surface area (Å²) < 4.78 is 0. The minimum atomic E-state index is 0.00830. The van der Waals surface area contributed by atoms with Crippen molar-refractivity contribution in [1.82, 2.24) is 20.5 Å². The lowest BCUT2D eigenvalue weighted by Crippen LogP contribution is -2.48. The molecule has 0 spiro atoms. The summed E-state index contributed by atoms with van der Waals surface area (Å²) in [5, 5.41) is 8.09. The lowest BCUT2D eigenvalue weighted by Gasteiger charge is -2.31. The third kappa shape index (κ3) is 6.27. The van der Waals surface area contributed by atoms with Crippen LogP contribution in [0.15, 0.2) is 4.99 Å². The molecule has 1 amide bonds. The maximum absolute atomic E-state index is 11.9. The zero-order chi connectivity index (χ0) is 19.1. The Morgan fingerprint density at radius 1 is 1.31 bits per heavy atom. The van der Waals surface area contributed by atoms with Crippen LogP contribution in [0.2, 0.25) is 0 Å². The molecule has 1 aromatic heterocycles. The molecule has 2 N–H and O–H groups in total. The Morgan fingerprint density at radius 3 is 2.65 bits per heavy atom. The summed E-state index contributed by atoms with van der Waals surface area (Å²) in [5.74, 6) is 1.38. The first-order valence-corrected chi connectivity index (χ1v) is 10.4. The van der Waals surface area contributed by atoms with Crippen molar-refractivity contribution in [3.63, 3.8) is 0 Å². The highest BCUT2D eigenvalue weighted by atomic mass is 32.1. The second kappa shape index (κ2) is 9.90. The highest BCUT2D eigenvalue weighted by Crippen LogP contribution is 2.23. The molecule has 2 rings (SSSR count). The third-order valence-corrected chi connectivity index (χ3v) is 6.14. The maximum Gasteiger partial charge on any atom is 0.243 e. The zero-order valence-electron chi connectivity index (χ0n) is 16.8. The van der Waals surface area contributed by atoms with E-state index in [9.17, 15) is 4.79 Å². The number of nitrogens with zero attached hydrogens (tertiary/aromatic N) is 3. The van der Waals surface area contributed by atoms with Crippen molar-refractivity contribution in [2.75, 3.05) is 27.2 Å². The van der Waals surface area contributed by atoms with Crippen LogP contribution in [0, 0.1) is 19.8 Å². The monoisotopic (exact) mass is 379 g/mol. The second-order valence-corrected chi connectivity index (χ2v) is 8.68. The van der Waals surface area contributed by atoms with Gasteiger partial charge in [-0.2, -0.15) is 0 Å². The van der Waals surface area contributed by atoms with Gasteiger partial charge in [-0.3, -0.25) is 4.79 Å². The molecule has 1 fully saturated rings. The van der Waals surface area contributed by atoms with Crippen LogP contribution >= 0.6 is 11.3 Å². The number of likely N-dealkylation sites (N-methyl/N-ethyl adjacent to an activating group) is 1. The number of aryl methyl sites for hydroxylation is 2. The molecule has 2 atom stereocenters. The fraction of sp³-hybridized carbons (Fsp3) is 0.737. The highest BCUT2D eigenvalue weighted by molar-refractivity contribution is 7.11. The van der Waals surface area contributed by atoms with Gasteiger partial charge in [-0.1, -0.05) is 19.8 Å². The van der Waals surface area contributed by atoms with E-state index in [4.69, 9.17) is 0 Å². The Labute approximate surface area is 161 Å². The molecule has 2 unspecified atom stereocenters. The second-order valence-electron chi connectivity index (χ2n) is 7.39. The standard InChI is InChI=1S/C19H33N5OS/c1-13-8-6-7-9-16(13)23-19(21-12-18(25)24(4)5)20-11-10-17-22-14(2)15(3)26-17/h13,16H,6-12H2,1-5H3,(H2,20,21,23). The van der Waals surface area contributed by atoms with Gasteiger partial charge < -0.3 is 15.5 Å². The van der Waals surface area contributed by atoms with Gasteiger partial charge in [0.2, 0.25) is 5.91 Å². The Bertz CT molecular complexity index is 606. The van der Waals surface area contributed by atoms with E-state index in [1.54, 1.807) is 30.3 Å². The molecule has 6 nitrogen and oxygen atoms in total. The predicted octanol–water partition coefficient (Wildman–Crippen LogP) is 2.50. The SMILES string of the molecule is Cc1nc(CCNC(=NCC(=O)N(C)C)NC2CCCCC2C)sc1C. The molecular formula is C19H33N5OS. The summed E-state index contributed by atoms with van der Waals surface area (Å²) in [7, 11) is 3.52. The normalized spacial score (nSPS) is 20.7. The number of nitrogens with one attached hydrogen (secondary N) is 2. The molecule has 0 radical (unpaired) electrons. The van der Waals surface area contributed by atoms with Crippen molar-refractivity contribution in [3.05, 3.63) is 15.6 Å². The summed E-state index contributed by atoms with van der Waals surface area (Å²) in [4.78, 5) is 23.8. The van der Waals surface area contributed by atoms with Crippen LogP contribution in [0.5, 0.6) is 0 Å². The first-order chi connectivity index (χ1) is 12.4. The summed E-state index contributed by atoms with van der Waals surface area (Å²) in [6, 6.07) is 0.425. The molecule has 1 aromatic rings. The van der Waals surface area contributed by atoms with E-state index in [1.807, 2.05) is 0 Å². The van der Waals surface area contributed by atoms with E-state index in [-0.39, 0.29) is 12.5 Å². The summed E-state index contributed by atoms with van der Waals surface area (Å²) in [5.41, 5.74) is 1.12. The van der Waals surface area contributed by atoms with Crippen molar-refractivity contribution in [1.29, 1.82) is 0 Å². The molecule has 0 bridgehead atoms. The van der Waals surface area contributed by atoms with E-state index >= 15 is 0 Å². The highest BCUT2D eigenvalue weighted by Gasteiger charge is 2.22. The molecule has 26 heavy (non-hydrogen) atoms. The number of hydrogen-bond acceptors (Lipinski definition) is 4. The average molecular weight is 380 g/mol. The van der Waals surface area contributed by atoms with E-state index in [0.717, 1.165) is 36.0 Å². The maximum atomic E-state index is 11.9. The first kappa shape index (κ1) is 20.7. The minimum Gasteiger partial charge on any atom is -0.356 e. The van der Waals surface area contributed by atoms with Gasteiger partial charge in [0.05, 0.1) is 10.7 Å². The van der Waals surface area contributed by atoms with Crippen LogP contribution in [-0.4, -0.2) is 55.0 Å². The van der Waals surface area contributed by atoms with Crippen LogP contribution in [0.4, 0.5) is 0 Å². The Hall–Kier alpha value is -1.63. The quantitative estimate of drug-likeness (QED) is 0.589. The van der Waals surface area contributed by atoms with Gasteiger partial charge in [0.1, 0.15) is 6.54 Å². The van der Waals surface area contributed by atoms with Crippen LogP contribution < -0.4 is 10.6 Å². The molecular weight excluding hydrogens is 346 g/mol. The Morgan fingerprint density at radius 2 is 2.04 bits per heavy atom. The number of rotatable bonds is 6. The van der Waals surface area contributed by atoms with Crippen LogP contribution in [-0.2, 0) is 11.2 Å². The van der Waals surface area contributed by atoms with Gasteiger partial charge in [0.15, 0.2) is 5.96 Å². The summed E-state index contributed by atoms with van der Waals surface area (Å²) in [6.07, 6.45) is 5.83. The topological polar surface area (TPSA) is 69.6 Å². The molecule has 7 heteroatoms. The molecule has 146 valence electrons. The van der Waals surface area contributed by atoms with Crippen molar-refractivity contribution < 1.29 is 4.79 Å². The van der Waals surface area contributed by atoms with Crippen LogP contribution in [0.1, 0.15) is 48.2 Å². The third-order valence-electron chi connectivity index (χ3n) is 5.01. The van der Waals surface area contributed by atoms with Crippen molar-refractivity contribution >= 4 is 23.2 Å². The smallest absolute Gasteiger partial charge is 0.243 e. The van der Waals surface area contributed by atoms with E-state index in [2.05, 4.69) is 41.4 Å². The van der Waals surface area contributed by atoms with Crippen LogP contribution in [0.25, 0.3) is 0 Å². The van der Waals surface area contributed by atoms with E-state index in [0.29, 0.717) is 12.0 Å². The molecule has 0 aliphatic heterocycles. The number of guanidine groups is 1. The van der Waals surface area contributed by atoms with Crippen molar-refractivity contribution in [2.45, 2.75) is 58.9 Å². The van der Waals surface area contributed by atoms with Crippen LogP contribution in [0.3, 0.4) is 0 Å². The van der Waals surface area contributed by atoms with Gasteiger partial charge >= 0.3 is 0 Å². The molecule has 0 aromatic carbocycles. The van der Waals surface area contributed by atoms with Gasteiger partial charge in [-0.05, 0) is 32.6 Å². The number of thiazole rings is 1. The fourth-order valence-corrected chi connectivity index (χ4v) is 4.01. The number of carbonyl (C=O) groups excluding carboxylic acids is 1. The molecule has 1 aliphatic rings. The average Bonchev–Trinajstić information content (AvgIpc) is 2.91. The van der Waals surface area contributed by atoms with Gasteiger partial charge in [0, 0.05) is 38.0 Å². The lowest BCUT2D eigenvalue weighted by atomic mass is 9.86. The summed E-state index contributed by atoms with van der Waals surface area (Å²) in [6.45, 7) is 7.37. The lowest BCUT2D eigenvalue weighted by molar-refractivity contribution is -0.127. The van der Waals surface area contributed by atoms with Gasteiger partial charge in [0.25, 0.3) is 0 Å². The number of aromatic nitrogens is 1. The van der Waals surface area contributed by atoms with E-state index < -0.39 is 0 Å².